The van der Waals surface area contributed by atoms with E-state index in [1.54, 1.807) is 11.3 Å². The number of allylic oxidation sites excluding steroid dienone is 1. The monoisotopic (exact) mass is 520 g/mol. The van der Waals surface area contributed by atoms with Crippen LogP contribution in [0.25, 0.3) is 11.3 Å². The summed E-state index contributed by atoms with van der Waals surface area (Å²) in [7, 11) is 0. The Morgan fingerprint density at radius 1 is 1.19 bits per heavy atom. The molecule has 4 rings (SSSR count). The van der Waals surface area contributed by atoms with Crippen molar-refractivity contribution in [2.75, 3.05) is 11.9 Å². The molecule has 0 saturated heterocycles. The fourth-order valence-corrected chi connectivity index (χ4v) is 5.03. The Hall–Kier alpha value is -2.90. The third kappa shape index (κ3) is 7.11. The Kier molecular flexibility index (Phi) is 8.87. The van der Waals surface area contributed by atoms with Gasteiger partial charge >= 0.3 is 0 Å². The lowest BCUT2D eigenvalue weighted by Crippen LogP contribution is -2.29. The van der Waals surface area contributed by atoms with Crippen LogP contribution >= 0.6 is 11.3 Å². The molecule has 1 amide bonds. The van der Waals surface area contributed by atoms with E-state index < -0.39 is 0 Å². The second-order valence-electron chi connectivity index (χ2n) is 10.7. The third-order valence-corrected chi connectivity index (χ3v) is 7.68. The quantitative estimate of drug-likeness (QED) is 0.277. The van der Waals surface area contributed by atoms with Gasteiger partial charge in [-0.05, 0) is 76.1 Å². The van der Waals surface area contributed by atoms with Crippen molar-refractivity contribution < 1.29 is 9.53 Å². The molecule has 1 saturated carbocycles. The maximum absolute atomic E-state index is 12.8. The average molecular weight is 521 g/mol. The molecule has 1 fully saturated rings. The summed E-state index contributed by atoms with van der Waals surface area (Å²) in [6.07, 6.45) is 9.55. The summed E-state index contributed by atoms with van der Waals surface area (Å²) in [5.41, 5.74) is 6.24. The maximum atomic E-state index is 12.8. The van der Waals surface area contributed by atoms with Gasteiger partial charge in [0.1, 0.15) is 0 Å². The van der Waals surface area contributed by atoms with Crippen molar-refractivity contribution in [1.82, 2.24) is 14.9 Å². The van der Waals surface area contributed by atoms with Crippen LogP contribution in [0.1, 0.15) is 82.6 Å². The number of hydrogen-bond acceptors (Lipinski definition) is 5. The molecule has 0 aliphatic heterocycles. The minimum absolute atomic E-state index is 0.0539. The minimum atomic E-state index is -0.0607. The Bertz CT molecular complexity index is 1220. The Labute approximate surface area is 225 Å². The lowest BCUT2D eigenvalue weighted by molar-refractivity contribution is 0.0358. The Morgan fingerprint density at radius 3 is 2.62 bits per heavy atom. The third-order valence-electron chi connectivity index (χ3n) is 6.92. The lowest BCUT2D eigenvalue weighted by atomic mass is 9.90. The molecule has 0 radical (unpaired) electrons. The Balaban J connectivity index is 1.40. The van der Waals surface area contributed by atoms with Crippen molar-refractivity contribution in [2.24, 2.45) is 0 Å². The van der Waals surface area contributed by atoms with Gasteiger partial charge in [0.15, 0.2) is 5.13 Å². The van der Waals surface area contributed by atoms with Crippen LogP contribution in [-0.4, -0.2) is 28.1 Å². The highest BCUT2D eigenvalue weighted by molar-refractivity contribution is 7.14. The number of ether oxygens (including phenoxy) is 1. The van der Waals surface area contributed by atoms with Gasteiger partial charge in [-0.15, -0.1) is 11.3 Å². The molecule has 6 nitrogen and oxygen atoms in total. The minimum Gasteiger partial charge on any atom is -0.374 e. The first-order valence-electron chi connectivity index (χ1n) is 13.4. The number of amides is 1. The molecule has 2 aromatic heterocycles. The van der Waals surface area contributed by atoms with Crippen LogP contribution in [-0.2, 0) is 16.9 Å². The summed E-state index contributed by atoms with van der Waals surface area (Å²) in [4.78, 5) is 17.7. The van der Waals surface area contributed by atoms with Gasteiger partial charge < -0.3 is 19.9 Å². The van der Waals surface area contributed by atoms with E-state index in [0.29, 0.717) is 24.8 Å². The highest BCUT2D eigenvalue weighted by Crippen LogP contribution is 2.31. The number of rotatable bonds is 11. The van der Waals surface area contributed by atoms with E-state index in [-0.39, 0.29) is 11.4 Å². The van der Waals surface area contributed by atoms with Gasteiger partial charge in [0.05, 0.1) is 30.5 Å². The fraction of sp³-hybridized carbons (Fsp3) is 0.467. The summed E-state index contributed by atoms with van der Waals surface area (Å²) < 4.78 is 8.11. The predicted octanol–water partition coefficient (Wildman–Crippen LogP) is 7.35. The molecule has 3 aromatic rings. The molecule has 0 unspecified atom stereocenters. The van der Waals surface area contributed by atoms with Crippen LogP contribution in [0.4, 0.5) is 5.13 Å². The van der Waals surface area contributed by atoms with Crippen LogP contribution in [0.3, 0.4) is 0 Å². The standard InChI is InChI=1S/C30H40N4O2S/c1-6-25(7-2)36-19-21-10-8-13-23(16-21)27-20-37-29(33-27)32-26(22-11-9-12-22)17-31-28(35)24-14-15-34(18-24)30(3,4)5/h8,10,13-16,18,20,25H,6-7,9,11-12,17,19H2,1-5H3,(H,31,35)(H,32,33). The van der Waals surface area contributed by atoms with E-state index in [1.165, 1.54) is 12.0 Å². The summed E-state index contributed by atoms with van der Waals surface area (Å²) >= 11 is 1.59. The second-order valence-corrected chi connectivity index (χ2v) is 11.6. The first-order chi connectivity index (χ1) is 17.8. The molecule has 2 N–H and O–H groups in total. The van der Waals surface area contributed by atoms with Crippen LogP contribution < -0.4 is 10.6 Å². The van der Waals surface area contributed by atoms with E-state index >= 15 is 0 Å². The number of aromatic nitrogens is 2. The van der Waals surface area contributed by atoms with Crippen LogP contribution in [0.2, 0.25) is 0 Å². The summed E-state index contributed by atoms with van der Waals surface area (Å²) in [6, 6.07) is 10.3. The molecule has 1 aromatic carbocycles. The highest BCUT2D eigenvalue weighted by Gasteiger charge is 2.19. The van der Waals surface area contributed by atoms with Crippen LogP contribution in [0.15, 0.2) is 59.4 Å². The zero-order chi connectivity index (χ0) is 26.4. The van der Waals surface area contributed by atoms with Crippen molar-refractivity contribution in [3.63, 3.8) is 0 Å². The van der Waals surface area contributed by atoms with Crippen molar-refractivity contribution in [1.29, 1.82) is 0 Å². The molecule has 1 aliphatic carbocycles. The number of thiazole rings is 1. The molecule has 7 heteroatoms. The second kappa shape index (κ2) is 12.1. The number of anilines is 1. The Morgan fingerprint density at radius 2 is 1.97 bits per heavy atom. The van der Waals surface area contributed by atoms with Gasteiger partial charge in [-0.1, -0.05) is 32.0 Å². The number of hydrogen-bond donors (Lipinski definition) is 2. The summed E-state index contributed by atoms with van der Waals surface area (Å²) in [6.45, 7) is 11.8. The smallest absolute Gasteiger partial charge is 0.253 e. The van der Waals surface area contributed by atoms with Crippen molar-refractivity contribution >= 4 is 22.4 Å². The summed E-state index contributed by atoms with van der Waals surface area (Å²) in [5, 5.41) is 9.55. The lowest BCUT2D eigenvalue weighted by Gasteiger charge is -2.23. The molecule has 0 spiro atoms. The van der Waals surface area contributed by atoms with Gasteiger partial charge in [-0.2, -0.15) is 0 Å². The van der Waals surface area contributed by atoms with Gasteiger partial charge in [0.2, 0.25) is 0 Å². The molecule has 0 atom stereocenters. The molecule has 198 valence electrons. The van der Waals surface area contributed by atoms with Crippen molar-refractivity contribution in [3.05, 3.63) is 70.5 Å². The normalized spacial score (nSPS) is 13.5. The van der Waals surface area contributed by atoms with E-state index in [4.69, 9.17) is 9.72 Å². The van der Waals surface area contributed by atoms with Crippen LogP contribution in [0, 0.1) is 0 Å². The number of carbonyl (C=O) groups excluding carboxylic acids is 1. The largest absolute Gasteiger partial charge is 0.374 e. The molecule has 1 aliphatic rings. The molecule has 2 heterocycles. The van der Waals surface area contributed by atoms with E-state index in [1.807, 2.05) is 18.5 Å². The van der Waals surface area contributed by atoms with E-state index in [0.717, 1.165) is 53.3 Å². The van der Waals surface area contributed by atoms with Gasteiger partial charge in [0.25, 0.3) is 5.91 Å². The summed E-state index contributed by atoms with van der Waals surface area (Å²) in [5.74, 6) is -0.0607. The van der Waals surface area contributed by atoms with Crippen LogP contribution in [0.5, 0.6) is 0 Å². The highest BCUT2D eigenvalue weighted by atomic mass is 32.1. The van der Waals surface area contributed by atoms with Gasteiger partial charge in [-0.25, -0.2) is 4.98 Å². The SMILES string of the molecule is CCC(CC)OCc1cccc(-c2csc(NC(CNC(=O)c3ccn(C(C)(C)C)c3)=C3CCC3)n2)c1. The number of carbonyl (C=O) groups is 1. The average Bonchev–Trinajstić information content (AvgIpc) is 3.52. The van der Waals surface area contributed by atoms with Gasteiger partial charge in [0, 0.05) is 34.6 Å². The van der Waals surface area contributed by atoms with E-state index in [2.05, 4.69) is 79.5 Å². The fourth-order valence-electron chi connectivity index (χ4n) is 4.28. The van der Waals surface area contributed by atoms with Crippen molar-refractivity contribution in [2.45, 2.75) is 85.0 Å². The number of benzene rings is 1. The molecule has 0 bridgehead atoms. The first kappa shape index (κ1) is 27.1. The topological polar surface area (TPSA) is 68.2 Å². The first-order valence-corrected chi connectivity index (χ1v) is 14.3. The number of nitrogens with zero attached hydrogens (tertiary/aromatic N) is 2. The number of nitrogens with one attached hydrogen (secondary N) is 2. The van der Waals surface area contributed by atoms with E-state index in [9.17, 15) is 4.79 Å². The zero-order valence-corrected chi connectivity index (χ0v) is 23.6. The van der Waals surface area contributed by atoms with Gasteiger partial charge in [-0.3, -0.25) is 4.79 Å². The molecular formula is C30H40N4O2S. The maximum Gasteiger partial charge on any atom is 0.253 e. The van der Waals surface area contributed by atoms with Crippen molar-refractivity contribution in [3.8, 4) is 11.3 Å². The predicted molar refractivity (Wildman–Crippen MR) is 153 cm³/mol. The zero-order valence-electron chi connectivity index (χ0n) is 22.8. The molecule has 37 heavy (non-hydrogen) atoms. The molecular weight excluding hydrogens is 480 g/mol.